The molecule has 0 amide bonds. The molecule has 1 aliphatic rings. The van der Waals surface area contributed by atoms with E-state index in [4.69, 9.17) is 18.7 Å². The van der Waals surface area contributed by atoms with Gasteiger partial charge >= 0.3 is 18.1 Å². The van der Waals surface area contributed by atoms with Crippen molar-refractivity contribution in [3.05, 3.63) is 66.2 Å². The van der Waals surface area contributed by atoms with E-state index in [0.717, 1.165) is 33.2 Å². The van der Waals surface area contributed by atoms with Gasteiger partial charge in [-0.25, -0.2) is 4.79 Å². The van der Waals surface area contributed by atoms with Crippen LogP contribution >= 0.6 is 0 Å². The number of carboxylic acids is 2. The van der Waals surface area contributed by atoms with Crippen LogP contribution in [0.2, 0.25) is 0 Å². The quantitative estimate of drug-likeness (QED) is 0.179. The van der Waals surface area contributed by atoms with Crippen molar-refractivity contribution in [2.24, 2.45) is 5.41 Å². The molecule has 3 aromatic carbocycles. The summed E-state index contributed by atoms with van der Waals surface area (Å²) in [6.07, 6.45) is -1.60. The number of nitrogens with zero attached hydrogens (tertiary/aromatic N) is 3. The molecule has 5 rings (SSSR count). The van der Waals surface area contributed by atoms with Crippen molar-refractivity contribution in [1.29, 1.82) is 0 Å². The van der Waals surface area contributed by atoms with E-state index in [-0.39, 0.29) is 26.0 Å². The van der Waals surface area contributed by atoms with Gasteiger partial charge in [0.05, 0.1) is 13.2 Å². The number of carboxylic acid groups (broad SMARTS) is 2. The lowest BCUT2D eigenvalue weighted by Gasteiger charge is -2.42. The Morgan fingerprint density at radius 1 is 1.00 bits per heavy atom. The van der Waals surface area contributed by atoms with Crippen LogP contribution in [0.5, 0.6) is 5.75 Å². The number of hydrogen-bond donors (Lipinski definition) is 2. The van der Waals surface area contributed by atoms with Crippen LogP contribution in [0, 0.1) is 5.41 Å². The van der Waals surface area contributed by atoms with Gasteiger partial charge < -0.3 is 28.9 Å². The summed E-state index contributed by atoms with van der Waals surface area (Å²) < 4.78 is 21.1. The number of methoxy groups -OCH3 is 1. The molecule has 0 aliphatic carbocycles. The van der Waals surface area contributed by atoms with Gasteiger partial charge in [-0.3, -0.25) is 14.5 Å². The van der Waals surface area contributed by atoms with Gasteiger partial charge in [0.2, 0.25) is 5.82 Å². The molecular weight excluding hydrogens is 570 g/mol. The third kappa shape index (κ3) is 6.50. The topological polar surface area (TPSA) is 162 Å². The molecule has 1 unspecified atom stereocenters. The van der Waals surface area contributed by atoms with Crippen molar-refractivity contribution in [2.75, 3.05) is 20.3 Å². The SMILES string of the molecule is COc1ccc2cc(-c3nc(-c4ccc(CN5CCC(C(=O)O)(C(=O)O)CC5COC(=O)OC(C)C)cc4)no3)ccc2c1. The smallest absolute Gasteiger partial charge is 0.497 e. The molecule has 2 N–H and O–H groups in total. The van der Waals surface area contributed by atoms with Crippen LogP contribution in [0.3, 0.4) is 0 Å². The maximum atomic E-state index is 12.0. The zero-order chi connectivity index (χ0) is 31.4. The zero-order valence-corrected chi connectivity index (χ0v) is 24.6. The molecule has 0 bridgehead atoms. The molecule has 0 spiro atoms. The number of hydrogen-bond acceptors (Lipinski definition) is 10. The van der Waals surface area contributed by atoms with Crippen LogP contribution in [-0.2, 0) is 25.6 Å². The molecular formula is C32H33N3O9. The monoisotopic (exact) mass is 603 g/mol. The van der Waals surface area contributed by atoms with Gasteiger partial charge in [-0.05, 0) is 67.3 Å². The van der Waals surface area contributed by atoms with Gasteiger partial charge in [-0.15, -0.1) is 0 Å². The second-order valence-corrected chi connectivity index (χ2v) is 11.0. The van der Waals surface area contributed by atoms with Crippen LogP contribution in [0.25, 0.3) is 33.6 Å². The Labute approximate surface area is 253 Å². The van der Waals surface area contributed by atoms with E-state index in [1.54, 1.807) is 21.0 Å². The fourth-order valence-corrected chi connectivity index (χ4v) is 5.33. The summed E-state index contributed by atoms with van der Waals surface area (Å²) in [5.74, 6) is -1.24. The van der Waals surface area contributed by atoms with Crippen molar-refractivity contribution >= 4 is 28.9 Å². The van der Waals surface area contributed by atoms with Crippen LogP contribution in [0.15, 0.2) is 65.2 Å². The van der Waals surface area contributed by atoms with Gasteiger partial charge in [0.25, 0.3) is 5.89 Å². The normalized spacial score (nSPS) is 16.5. The number of carbonyl (C=O) groups excluding carboxylic acids is 1. The Morgan fingerprint density at radius 3 is 2.36 bits per heavy atom. The number of likely N-dealkylation sites (tertiary alicyclic amines) is 1. The molecule has 1 atom stereocenters. The number of aromatic nitrogens is 2. The summed E-state index contributed by atoms with van der Waals surface area (Å²) in [5, 5.41) is 25.7. The molecule has 4 aromatic rings. The highest BCUT2D eigenvalue weighted by atomic mass is 16.7. The van der Waals surface area contributed by atoms with Crippen LogP contribution in [-0.4, -0.2) is 75.8 Å². The fourth-order valence-electron chi connectivity index (χ4n) is 5.33. The van der Waals surface area contributed by atoms with Crippen molar-refractivity contribution in [1.82, 2.24) is 15.0 Å². The van der Waals surface area contributed by atoms with Gasteiger partial charge in [0.1, 0.15) is 12.4 Å². The Bertz CT molecular complexity index is 1650. The number of piperidine rings is 1. The lowest BCUT2D eigenvalue weighted by Crippen LogP contribution is -2.54. The van der Waals surface area contributed by atoms with Crippen LogP contribution < -0.4 is 4.74 Å². The Hall–Kier alpha value is -4.97. The van der Waals surface area contributed by atoms with Crippen molar-refractivity contribution in [3.63, 3.8) is 0 Å². The zero-order valence-electron chi connectivity index (χ0n) is 24.6. The van der Waals surface area contributed by atoms with E-state index < -0.39 is 35.7 Å². The number of ether oxygens (including phenoxy) is 3. The molecule has 1 saturated heterocycles. The minimum Gasteiger partial charge on any atom is -0.497 e. The van der Waals surface area contributed by atoms with E-state index in [9.17, 15) is 24.6 Å². The van der Waals surface area contributed by atoms with Crippen molar-refractivity contribution in [3.8, 4) is 28.6 Å². The highest BCUT2D eigenvalue weighted by Gasteiger charge is 2.52. The molecule has 2 heterocycles. The second-order valence-electron chi connectivity index (χ2n) is 11.0. The number of benzene rings is 3. The molecule has 1 aliphatic heterocycles. The molecule has 230 valence electrons. The summed E-state index contributed by atoms with van der Waals surface area (Å²) in [7, 11) is 1.63. The van der Waals surface area contributed by atoms with E-state index in [1.165, 1.54) is 0 Å². The summed E-state index contributed by atoms with van der Waals surface area (Å²) in [6, 6.07) is 18.5. The van der Waals surface area contributed by atoms with Crippen LogP contribution in [0.4, 0.5) is 4.79 Å². The Balaban J connectivity index is 1.30. The lowest BCUT2D eigenvalue weighted by molar-refractivity contribution is -0.171. The summed E-state index contributed by atoms with van der Waals surface area (Å²) in [5.41, 5.74) is 0.438. The Morgan fingerprint density at radius 2 is 1.68 bits per heavy atom. The minimum absolute atomic E-state index is 0.0867. The molecule has 12 nitrogen and oxygen atoms in total. The number of aliphatic carboxylic acids is 2. The molecule has 12 heteroatoms. The predicted octanol–water partition coefficient (Wildman–Crippen LogP) is 5.25. The van der Waals surface area contributed by atoms with E-state index in [0.29, 0.717) is 18.3 Å². The third-order valence-corrected chi connectivity index (χ3v) is 7.79. The molecule has 1 fully saturated rings. The minimum atomic E-state index is -1.97. The van der Waals surface area contributed by atoms with E-state index in [1.807, 2.05) is 65.6 Å². The van der Waals surface area contributed by atoms with Crippen LogP contribution in [0.1, 0.15) is 32.3 Å². The highest BCUT2D eigenvalue weighted by molar-refractivity contribution is 5.98. The first-order chi connectivity index (χ1) is 21.1. The second kappa shape index (κ2) is 12.7. The average molecular weight is 604 g/mol. The first-order valence-electron chi connectivity index (χ1n) is 14.1. The first-order valence-corrected chi connectivity index (χ1v) is 14.1. The largest absolute Gasteiger partial charge is 0.508 e. The predicted molar refractivity (Wildman–Crippen MR) is 158 cm³/mol. The van der Waals surface area contributed by atoms with Gasteiger partial charge in [0, 0.05) is 30.3 Å². The highest BCUT2D eigenvalue weighted by Crippen LogP contribution is 2.37. The van der Waals surface area contributed by atoms with Gasteiger partial charge in [-0.1, -0.05) is 41.6 Å². The maximum absolute atomic E-state index is 12.0. The van der Waals surface area contributed by atoms with E-state index >= 15 is 0 Å². The summed E-state index contributed by atoms with van der Waals surface area (Å²) in [4.78, 5) is 42.5. The third-order valence-electron chi connectivity index (χ3n) is 7.79. The standard InChI is InChI=1S/C32H33N3O9/c1-19(2)43-31(40)42-18-25-16-32(29(36)37,30(38)39)12-13-35(25)17-20-4-6-21(7-5-20)27-33-28(44-34-27)24-9-8-23-15-26(41-3)11-10-22(23)14-24/h4-11,14-15,19,25H,12-13,16-18H2,1-3H3,(H,36,37)(H,38,39). The lowest BCUT2D eigenvalue weighted by atomic mass is 9.75. The Kier molecular flexibility index (Phi) is 8.81. The number of fused-ring (bicyclic) bond motifs is 1. The molecule has 1 aromatic heterocycles. The van der Waals surface area contributed by atoms with Crippen molar-refractivity contribution in [2.45, 2.75) is 45.4 Å². The average Bonchev–Trinajstić information content (AvgIpc) is 3.50. The molecule has 44 heavy (non-hydrogen) atoms. The van der Waals surface area contributed by atoms with Gasteiger partial charge in [0.15, 0.2) is 5.41 Å². The van der Waals surface area contributed by atoms with Gasteiger partial charge in [-0.2, -0.15) is 4.98 Å². The van der Waals surface area contributed by atoms with Crippen molar-refractivity contribution < 1.29 is 43.3 Å². The molecule has 0 saturated carbocycles. The first kappa shape index (κ1) is 30.5. The summed E-state index contributed by atoms with van der Waals surface area (Å²) in [6.45, 7) is 3.70. The molecule has 0 radical (unpaired) electrons. The number of rotatable bonds is 10. The maximum Gasteiger partial charge on any atom is 0.508 e. The van der Waals surface area contributed by atoms with E-state index in [2.05, 4.69) is 10.1 Å². The number of carbonyl (C=O) groups is 3. The summed E-state index contributed by atoms with van der Waals surface area (Å²) >= 11 is 0. The fraction of sp³-hybridized carbons (Fsp3) is 0.344.